The van der Waals surface area contributed by atoms with Gasteiger partial charge < -0.3 is 9.55 Å². The normalized spacial score (nSPS) is 12.4. The Labute approximate surface area is 346 Å². The molecule has 0 saturated carbocycles. The van der Waals surface area contributed by atoms with Gasteiger partial charge in [-0.1, -0.05) is 111 Å². The Kier molecular flexibility index (Phi) is 9.46. The van der Waals surface area contributed by atoms with E-state index < -0.39 is 0 Å². The van der Waals surface area contributed by atoms with Crippen LogP contribution < -0.4 is 0 Å². The monoisotopic (exact) mass is 908 g/mol. The summed E-state index contributed by atoms with van der Waals surface area (Å²) >= 11 is 0. The molecule has 4 heteroatoms. The number of aromatic nitrogens is 3. The first-order valence-electron chi connectivity index (χ1n) is 19.1. The van der Waals surface area contributed by atoms with Gasteiger partial charge in [-0.2, -0.15) is 0 Å². The van der Waals surface area contributed by atoms with Gasteiger partial charge in [-0.05, 0) is 87.1 Å². The SMILES string of the molecule is CC1(C)c2ccccc2-n2c3ccc(-c4ccccc4)cc3c3cc(-c4cc[c-]c(-c5ccc6ccccc6n5)c4)cc1c32.[Ir].[c-]1ccccc1-c1ccccn1. The second-order valence-electron chi connectivity index (χ2n) is 14.9. The Morgan fingerprint density at radius 2 is 1.26 bits per heavy atom. The molecule has 0 saturated heterocycles. The standard InChI is InChI=1S/C42H29N2.C11H8N.Ir/c1-42(2)35-16-7-9-18-40(35)44-39-22-20-30(27-11-4-3-5-12-27)24-33(39)34-25-32(26-36(42)41(34)44)29-14-10-15-31(23-29)38-21-19-28-13-6-8-17-37(28)43-38;1-2-6-10(7-3-1)11-8-4-5-9-12-11;/h3-14,16-26H,1-2H3;1-6,8-9H;/q2*-1;. The number of para-hydroxylation sites is 2. The van der Waals surface area contributed by atoms with Crippen LogP contribution in [0.5, 0.6) is 0 Å². The molecule has 57 heavy (non-hydrogen) atoms. The number of benzene rings is 7. The van der Waals surface area contributed by atoms with Crippen molar-refractivity contribution in [3.63, 3.8) is 0 Å². The summed E-state index contributed by atoms with van der Waals surface area (Å²) < 4.78 is 2.49. The van der Waals surface area contributed by atoms with Crippen molar-refractivity contribution < 1.29 is 20.1 Å². The fourth-order valence-electron chi connectivity index (χ4n) is 8.28. The molecular formula is C53H37IrN3-2. The van der Waals surface area contributed by atoms with Crippen LogP contribution in [0.3, 0.4) is 0 Å². The van der Waals surface area contributed by atoms with E-state index in [9.17, 15) is 0 Å². The maximum Gasteiger partial charge on any atom is 0.0595 e. The van der Waals surface area contributed by atoms with Crippen LogP contribution in [0.2, 0.25) is 0 Å². The van der Waals surface area contributed by atoms with E-state index in [-0.39, 0.29) is 25.5 Å². The van der Waals surface area contributed by atoms with E-state index in [4.69, 9.17) is 4.98 Å². The fourth-order valence-corrected chi connectivity index (χ4v) is 8.28. The molecule has 275 valence electrons. The summed E-state index contributed by atoms with van der Waals surface area (Å²) in [4.78, 5) is 9.19. The Balaban J connectivity index is 0.000000279. The number of nitrogens with zero attached hydrogens (tertiary/aromatic N) is 3. The summed E-state index contributed by atoms with van der Waals surface area (Å²) in [5, 5.41) is 3.70. The summed E-state index contributed by atoms with van der Waals surface area (Å²) in [6.07, 6.45) is 1.79. The van der Waals surface area contributed by atoms with E-state index in [0.29, 0.717) is 0 Å². The van der Waals surface area contributed by atoms with Crippen molar-refractivity contribution >= 4 is 32.7 Å². The molecule has 7 aromatic carbocycles. The minimum atomic E-state index is -0.166. The van der Waals surface area contributed by atoms with Crippen molar-refractivity contribution in [3.05, 3.63) is 211 Å². The summed E-state index contributed by atoms with van der Waals surface area (Å²) in [7, 11) is 0. The van der Waals surface area contributed by atoms with Crippen LogP contribution >= 0.6 is 0 Å². The van der Waals surface area contributed by atoms with E-state index in [2.05, 4.69) is 163 Å². The van der Waals surface area contributed by atoms with Crippen molar-refractivity contribution in [3.8, 4) is 50.5 Å². The molecule has 0 bridgehead atoms. The molecule has 0 amide bonds. The van der Waals surface area contributed by atoms with Crippen LogP contribution in [0.1, 0.15) is 25.0 Å². The van der Waals surface area contributed by atoms with Crippen LogP contribution in [-0.2, 0) is 25.5 Å². The van der Waals surface area contributed by atoms with E-state index in [1.807, 2.05) is 54.6 Å². The van der Waals surface area contributed by atoms with Crippen molar-refractivity contribution in [1.29, 1.82) is 0 Å². The molecule has 1 aliphatic heterocycles. The van der Waals surface area contributed by atoms with E-state index in [1.54, 1.807) is 6.20 Å². The molecule has 0 spiro atoms. The first-order valence-corrected chi connectivity index (χ1v) is 19.1. The zero-order chi connectivity index (χ0) is 37.6. The van der Waals surface area contributed by atoms with Gasteiger partial charge in [-0.3, -0.25) is 4.98 Å². The summed E-state index contributed by atoms with van der Waals surface area (Å²) in [5.41, 5.74) is 16.1. The maximum absolute atomic E-state index is 4.97. The average Bonchev–Trinajstić information content (AvgIpc) is 3.60. The summed E-state index contributed by atoms with van der Waals surface area (Å²) in [6.45, 7) is 4.73. The number of hydrogen-bond donors (Lipinski definition) is 0. The first kappa shape index (κ1) is 36.2. The van der Waals surface area contributed by atoms with Gasteiger partial charge >= 0.3 is 0 Å². The fraction of sp³-hybridized carbons (Fsp3) is 0.0566. The molecule has 3 nitrogen and oxygen atoms in total. The van der Waals surface area contributed by atoms with Gasteiger partial charge in [0.25, 0.3) is 0 Å². The average molecular weight is 908 g/mol. The van der Waals surface area contributed by atoms with Gasteiger partial charge in [0, 0.05) is 42.5 Å². The molecule has 0 fully saturated rings. The van der Waals surface area contributed by atoms with Crippen molar-refractivity contribution in [1.82, 2.24) is 14.5 Å². The topological polar surface area (TPSA) is 30.7 Å². The summed E-state index contributed by atoms with van der Waals surface area (Å²) in [5.74, 6) is 0. The second-order valence-corrected chi connectivity index (χ2v) is 14.9. The summed E-state index contributed by atoms with van der Waals surface area (Å²) in [6, 6.07) is 70.6. The van der Waals surface area contributed by atoms with Gasteiger partial charge in [0.15, 0.2) is 0 Å². The minimum Gasteiger partial charge on any atom is -0.309 e. The van der Waals surface area contributed by atoms with Gasteiger partial charge in [0.2, 0.25) is 0 Å². The molecule has 11 rings (SSSR count). The predicted molar refractivity (Wildman–Crippen MR) is 232 cm³/mol. The van der Waals surface area contributed by atoms with Gasteiger partial charge in [0.1, 0.15) is 0 Å². The molecular weight excluding hydrogens is 871 g/mol. The van der Waals surface area contributed by atoms with Crippen LogP contribution in [0, 0.1) is 12.1 Å². The number of rotatable bonds is 4. The molecule has 0 N–H and O–H groups in total. The third-order valence-electron chi connectivity index (χ3n) is 11.1. The molecule has 4 heterocycles. The van der Waals surface area contributed by atoms with Crippen LogP contribution in [-0.4, -0.2) is 14.5 Å². The van der Waals surface area contributed by atoms with Crippen molar-refractivity contribution in [2.24, 2.45) is 0 Å². The number of hydrogen-bond acceptors (Lipinski definition) is 2. The number of pyridine rings is 2. The van der Waals surface area contributed by atoms with Crippen molar-refractivity contribution in [2.75, 3.05) is 0 Å². The minimum absolute atomic E-state index is 0. The zero-order valence-corrected chi connectivity index (χ0v) is 34.0. The van der Waals surface area contributed by atoms with Gasteiger partial charge in [-0.15, -0.1) is 71.3 Å². The predicted octanol–water partition coefficient (Wildman–Crippen LogP) is 13.3. The largest absolute Gasteiger partial charge is 0.309 e. The second kappa shape index (κ2) is 14.9. The van der Waals surface area contributed by atoms with Crippen LogP contribution in [0.15, 0.2) is 188 Å². The third-order valence-corrected chi connectivity index (χ3v) is 11.1. The van der Waals surface area contributed by atoms with E-state index in [1.165, 1.54) is 60.9 Å². The van der Waals surface area contributed by atoms with Gasteiger partial charge in [-0.25, -0.2) is 0 Å². The zero-order valence-electron chi connectivity index (χ0n) is 31.6. The Morgan fingerprint density at radius 1 is 0.509 bits per heavy atom. The third kappa shape index (κ3) is 6.47. The van der Waals surface area contributed by atoms with E-state index >= 15 is 0 Å². The molecule has 1 radical (unpaired) electrons. The Morgan fingerprint density at radius 3 is 2.11 bits per heavy atom. The van der Waals surface area contributed by atoms with Crippen LogP contribution in [0.4, 0.5) is 0 Å². The molecule has 10 aromatic rings. The molecule has 0 aliphatic carbocycles. The van der Waals surface area contributed by atoms with Gasteiger partial charge in [0.05, 0.1) is 22.2 Å². The molecule has 3 aromatic heterocycles. The quantitative estimate of drug-likeness (QED) is 0.165. The Hall–Kier alpha value is -6.45. The van der Waals surface area contributed by atoms with Crippen LogP contribution in [0.25, 0.3) is 83.2 Å². The van der Waals surface area contributed by atoms with Crippen molar-refractivity contribution in [2.45, 2.75) is 19.3 Å². The molecule has 1 aliphatic rings. The first-order chi connectivity index (χ1) is 27.5. The molecule has 0 atom stereocenters. The smallest absolute Gasteiger partial charge is 0.0595 e. The number of fused-ring (bicyclic) bond motifs is 6. The maximum atomic E-state index is 4.97. The van der Waals surface area contributed by atoms with E-state index in [0.717, 1.165) is 33.4 Å². The Bertz CT molecular complexity index is 3000. The molecule has 0 unspecified atom stereocenters.